The lowest BCUT2D eigenvalue weighted by molar-refractivity contribution is -0.169. The predicted octanol–water partition coefficient (Wildman–Crippen LogP) is 5.07. The average molecular weight is 341 g/mol. The highest BCUT2D eigenvalue weighted by Crippen LogP contribution is 2.52. The van der Waals surface area contributed by atoms with Crippen molar-refractivity contribution in [2.24, 2.45) is 35.5 Å². The molecule has 4 nitrogen and oxygen atoms in total. The number of carbonyl (C=O) groups is 2. The van der Waals surface area contributed by atoms with Crippen LogP contribution in [0.4, 0.5) is 0 Å². The van der Waals surface area contributed by atoms with E-state index in [9.17, 15) is 19.8 Å². The van der Waals surface area contributed by atoms with Gasteiger partial charge in [-0.2, -0.15) is 0 Å². The molecule has 4 heteroatoms. The summed E-state index contributed by atoms with van der Waals surface area (Å²) in [6.45, 7) is 8.45. The Morgan fingerprint density at radius 1 is 0.583 bits per heavy atom. The van der Waals surface area contributed by atoms with Gasteiger partial charge in [-0.3, -0.25) is 9.59 Å². The van der Waals surface area contributed by atoms with Crippen molar-refractivity contribution in [1.82, 2.24) is 0 Å². The molecule has 2 N–H and O–H groups in total. The Morgan fingerprint density at radius 2 is 0.833 bits per heavy atom. The molecule has 0 heterocycles. The van der Waals surface area contributed by atoms with Gasteiger partial charge in [-0.05, 0) is 36.5 Å². The molecule has 0 spiro atoms. The van der Waals surface area contributed by atoms with Gasteiger partial charge in [0, 0.05) is 0 Å². The van der Waals surface area contributed by atoms with E-state index in [-0.39, 0.29) is 11.8 Å². The third-order valence-corrected chi connectivity index (χ3v) is 6.02. The molecule has 1 rings (SSSR count). The highest BCUT2D eigenvalue weighted by molar-refractivity contribution is 5.81. The Bertz CT molecular complexity index is 368. The first-order valence-corrected chi connectivity index (χ1v) is 9.89. The van der Waals surface area contributed by atoms with E-state index >= 15 is 0 Å². The van der Waals surface area contributed by atoms with Gasteiger partial charge in [-0.25, -0.2) is 0 Å². The maximum Gasteiger partial charge on any atom is 0.307 e. The van der Waals surface area contributed by atoms with Crippen molar-refractivity contribution >= 4 is 11.9 Å². The Hall–Kier alpha value is -1.06. The largest absolute Gasteiger partial charge is 0.481 e. The van der Waals surface area contributed by atoms with Crippen LogP contribution >= 0.6 is 0 Å². The van der Waals surface area contributed by atoms with E-state index in [1.54, 1.807) is 0 Å². The summed E-state index contributed by atoms with van der Waals surface area (Å²) < 4.78 is 0. The van der Waals surface area contributed by atoms with Crippen molar-refractivity contribution in [1.29, 1.82) is 0 Å². The zero-order chi connectivity index (χ0) is 18.3. The molecule has 0 aromatic rings. The van der Waals surface area contributed by atoms with Gasteiger partial charge in [-0.15, -0.1) is 0 Å². The minimum atomic E-state index is -0.905. The quantitative estimate of drug-likeness (QED) is 0.582. The zero-order valence-corrected chi connectivity index (χ0v) is 15.8. The summed E-state index contributed by atoms with van der Waals surface area (Å²) >= 11 is 0. The van der Waals surface area contributed by atoms with Gasteiger partial charge >= 0.3 is 11.9 Å². The monoisotopic (exact) mass is 340 g/mol. The molecule has 0 aliphatic heterocycles. The first-order valence-electron chi connectivity index (χ1n) is 9.89. The van der Waals surface area contributed by atoms with E-state index in [0.717, 1.165) is 51.4 Å². The number of rotatable bonds is 10. The fourth-order valence-corrected chi connectivity index (χ4v) is 5.35. The fraction of sp³-hybridized carbons (Fsp3) is 0.900. The molecule has 6 unspecified atom stereocenters. The molecule has 1 aliphatic carbocycles. The number of carboxylic acids is 2. The predicted molar refractivity (Wildman–Crippen MR) is 95.8 cm³/mol. The van der Waals surface area contributed by atoms with Crippen molar-refractivity contribution in [3.8, 4) is 0 Å². The lowest BCUT2D eigenvalue weighted by Gasteiger charge is -2.50. The van der Waals surface area contributed by atoms with Gasteiger partial charge in [0.15, 0.2) is 0 Å². The molecular weight excluding hydrogens is 304 g/mol. The lowest BCUT2D eigenvalue weighted by atomic mass is 9.53. The summed E-state index contributed by atoms with van der Waals surface area (Å²) in [7, 11) is 0. The molecule has 1 saturated carbocycles. The number of hydrogen-bond donors (Lipinski definition) is 2. The van der Waals surface area contributed by atoms with Crippen LogP contribution in [-0.2, 0) is 9.59 Å². The van der Waals surface area contributed by atoms with E-state index in [1.165, 1.54) is 0 Å². The molecule has 0 aromatic carbocycles. The van der Waals surface area contributed by atoms with Crippen LogP contribution in [0.15, 0.2) is 0 Å². The van der Waals surface area contributed by atoms with Crippen LogP contribution in [0.2, 0.25) is 0 Å². The molecule has 1 fully saturated rings. The zero-order valence-electron chi connectivity index (χ0n) is 15.8. The number of aliphatic carboxylic acids is 2. The van der Waals surface area contributed by atoms with Crippen molar-refractivity contribution in [3.63, 3.8) is 0 Å². The minimum Gasteiger partial charge on any atom is -0.481 e. The third-order valence-electron chi connectivity index (χ3n) is 6.02. The van der Waals surface area contributed by atoms with Crippen LogP contribution < -0.4 is 0 Å². The second kappa shape index (κ2) is 10.0. The first-order chi connectivity index (χ1) is 11.4. The number of hydrogen-bond acceptors (Lipinski definition) is 2. The van der Waals surface area contributed by atoms with E-state index in [2.05, 4.69) is 27.7 Å². The second-order valence-corrected chi connectivity index (χ2v) is 7.54. The minimum absolute atomic E-state index is 0.00166. The summed E-state index contributed by atoms with van der Waals surface area (Å²) in [5, 5.41) is 19.8. The molecule has 24 heavy (non-hydrogen) atoms. The maximum atomic E-state index is 12.1. The third kappa shape index (κ3) is 4.52. The van der Waals surface area contributed by atoms with Crippen molar-refractivity contribution in [3.05, 3.63) is 0 Å². The summed E-state index contributed by atoms with van der Waals surface area (Å²) in [5.41, 5.74) is 0. The SMILES string of the molecule is CCCC1C(CCC)C(CCC)C(C(=O)O)C(C(=O)O)C1CCC. The van der Waals surface area contributed by atoms with Crippen LogP contribution in [0.25, 0.3) is 0 Å². The fourth-order valence-electron chi connectivity index (χ4n) is 5.35. The molecule has 0 aromatic heterocycles. The van der Waals surface area contributed by atoms with E-state index in [4.69, 9.17) is 0 Å². The maximum absolute atomic E-state index is 12.1. The topological polar surface area (TPSA) is 74.6 Å². The van der Waals surface area contributed by atoms with E-state index in [0.29, 0.717) is 11.8 Å². The highest BCUT2D eigenvalue weighted by Gasteiger charge is 2.54. The Balaban J connectivity index is 3.39. The first kappa shape index (κ1) is 21.0. The highest BCUT2D eigenvalue weighted by atomic mass is 16.4. The molecule has 140 valence electrons. The molecular formula is C20H36O4. The molecule has 0 bridgehead atoms. The van der Waals surface area contributed by atoms with Crippen LogP contribution in [0.3, 0.4) is 0 Å². The van der Waals surface area contributed by atoms with Crippen molar-refractivity contribution in [2.75, 3.05) is 0 Å². The van der Waals surface area contributed by atoms with Crippen LogP contribution in [0, 0.1) is 35.5 Å². The summed E-state index contributed by atoms with van der Waals surface area (Å²) in [6, 6.07) is 0. The summed E-state index contributed by atoms with van der Waals surface area (Å²) in [4.78, 5) is 24.1. The summed E-state index contributed by atoms with van der Waals surface area (Å²) in [5.74, 6) is -2.58. The Kier molecular flexibility index (Phi) is 8.79. The van der Waals surface area contributed by atoms with Gasteiger partial charge in [0.25, 0.3) is 0 Å². The molecule has 6 atom stereocenters. The Morgan fingerprint density at radius 3 is 1.04 bits per heavy atom. The van der Waals surface area contributed by atoms with Gasteiger partial charge in [0.1, 0.15) is 0 Å². The van der Waals surface area contributed by atoms with Crippen molar-refractivity contribution in [2.45, 2.75) is 79.1 Å². The van der Waals surface area contributed by atoms with Crippen LogP contribution in [-0.4, -0.2) is 22.2 Å². The van der Waals surface area contributed by atoms with Gasteiger partial charge < -0.3 is 10.2 Å². The standard InChI is InChI=1S/C20H36O4/c1-5-9-13-14(10-6-2)16(12-8-4)18(20(23)24)17(19(21)22)15(13)11-7-3/h13-18H,5-12H2,1-4H3,(H,21,22)(H,23,24). The average Bonchev–Trinajstić information content (AvgIpc) is 2.51. The van der Waals surface area contributed by atoms with Crippen LogP contribution in [0.1, 0.15) is 79.1 Å². The summed E-state index contributed by atoms with van der Waals surface area (Å²) in [6.07, 6.45) is 7.59. The van der Waals surface area contributed by atoms with Crippen molar-refractivity contribution < 1.29 is 19.8 Å². The van der Waals surface area contributed by atoms with Crippen LogP contribution in [0.5, 0.6) is 0 Å². The van der Waals surface area contributed by atoms with Gasteiger partial charge in [0.05, 0.1) is 11.8 Å². The van der Waals surface area contributed by atoms with E-state index < -0.39 is 23.8 Å². The van der Waals surface area contributed by atoms with E-state index in [1.807, 2.05) is 0 Å². The molecule has 0 amide bonds. The molecule has 1 aliphatic rings. The number of carboxylic acid groups (broad SMARTS) is 2. The normalized spacial score (nSPS) is 33.3. The Labute approximate surface area is 147 Å². The van der Waals surface area contributed by atoms with Gasteiger partial charge in [-0.1, -0.05) is 66.2 Å². The second-order valence-electron chi connectivity index (χ2n) is 7.54. The smallest absolute Gasteiger partial charge is 0.307 e. The lowest BCUT2D eigenvalue weighted by Crippen LogP contribution is -2.52. The molecule has 0 saturated heterocycles. The van der Waals surface area contributed by atoms with Gasteiger partial charge in [0.2, 0.25) is 0 Å². The molecule has 0 radical (unpaired) electrons.